The fourth-order valence-electron chi connectivity index (χ4n) is 1.88. The molecule has 0 aromatic rings. The first-order valence-corrected chi connectivity index (χ1v) is 6.92. The fraction of sp³-hybridized carbons (Fsp3) is 1.00. The van der Waals surface area contributed by atoms with Crippen LogP contribution in [0.3, 0.4) is 0 Å². The van der Waals surface area contributed by atoms with Crippen LogP contribution >= 0.6 is 0 Å². The number of rotatable bonds is 12. The Kier molecular flexibility index (Phi) is 9.48. The third kappa shape index (κ3) is 4.36. The van der Waals surface area contributed by atoms with Crippen molar-refractivity contribution in [2.24, 2.45) is 0 Å². The zero-order chi connectivity index (χ0) is 15.6. The maximum Gasteiger partial charge on any atom is 0.359 e. The normalized spacial score (nSPS) is 13.2. The second-order valence-corrected chi connectivity index (χ2v) is 3.75. The highest BCUT2D eigenvalue weighted by atomic mass is 16.9. The third-order valence-corrected chi connectivity index (χ3v) is 2.64. The van der Waals surface area contributed by atoms with Gasteiger partial charge in [-0.25, -0.2) is 0 Å². The van der Waals surface area contributed by atoms with Crippen molar-refractivity contribution in [3.05, 3.63) is 0 Å². The number of methoxy groups -OCH3 is 2. The van der Waals surface area contributed by atoms with E-state index in [1.807, 2.05) is 27.7 Å². The largest absolute Gasteiger partial charge is 0.359 e. The van der Waals surface area contributed by atoms with E-state index in [2.05, 4.69) is 0 Å². The van der Waals surface area contributed by atoms with Gasteiger partial charge in [-0.2, -0.15) is 4.90 Å². The number of hydrogen-bond donors (Lipinski definition) is 0. The molecule has 7 heteroatoms. The molecule has 0 rings (SSSR count). The maximum atomic E-state index is 5.62. The highest BCUT2D eigenvalue weighted by Gasteiger charge is 2.52. The first kappa shape index (κ1) is 19.7. The predicted octanol–water partition coefficient (Wildman–Crippen LogP) is 1.58. The molecule has 0 aromatic carbocycles. The predicted molar refractivity (Wildman–Crippen MR) is 73.7 cm³/mol. The molecule has 0 radical (unpaired) electrons. The summed E-state index contributed by atoms with van der Waals surface area (Å²) in [5.41, 5.74) is 0. The highest BCUT2D eigenvalue weighted by Crippen LogP contribution is 2.30. The molecule has 0 unspecified atom stereocenters. The number of hydrogen-bond acceptors (Lipinski definition) is 7. The van der Waals surface area contributed by atoms with Gasteiger partial charge in [0.1, 0.15) is 0 Å². The van der Waals surface area contributed by atoms with Crippen LogP contribution in [0, 0.1) is 0 Å². The van der Waals surface area contributed by atoms with Crippen molar-refractivity contribution in [2.45, 2.75) is 39.9 Å². The summed E-state index contributed by atoms with van der Waals surface area (Å²) in [4.78, 5) is 1.50. The molecule has 0 aromatic heterocycles. The van der Waals surface area contributed by atoms with E-state index in [1.165, 1.54) is 19.1 Å². The van der Waals surface area contributed by atoms with Crippen molar-refractivity contribution in [2.75, 3.05) is 47.7 Å². The molecule has 0 saturated heterocycles. The second-order valence-electron chi connectivity index (χ2n) is 3.75. The summed E-state index contributed by atoms with van der Waals surface area (Å²) < 4.78 is 33.3. The van der Waals surface area contributed by atoms with Crippen LogP contribution in [0.15, 0.2) is 0 Å². The van der Waals surface area contributed by atoms with E-state index in [0.29, 0.717) is 26.4 Å². The minimum atomic E-state index is -1.45. The SMILES string of the molecule is CCOC(OC)(OCC)N(C)C(OC)(OCC)OCC. The molecule has 0 aliphatic heterocycles. The summed E-state index contributed by atoms with van der Waals surface area (Å²) in [7, 11) is 4.66. The third-order valence-electron chi connectivity index (χ3n) is 2.64. The van der Waals surface area contributed by atoms with Gasteiger partial charge >= 0.3 is 12.2 Å². The Morgan fingerprint density at radius 3 is 1.05 bits per heavy atom. The standard InChI is InChI=1S/C13H29NO6/c1-8-17-12(15-6,18-9-2)14(5)13(16-7,19-10-3)20-11-4/h8-11H2,1-7H3. The Labute approximate surface area is 122 Å². The van der Waals surface area contributed by atoms with Crippen LogP contribution in [0.1, 0.15) is 27.7 Å². The van der Waals surface area contributed by atoms with E-state index >= 15 is 0 Å². The topological polar surface area (TPSA) is 58.6 Å². The molecule has 0 spiro atoms. The summed E-state index contributed by atoms with van der Waals surface area (Å²) in [6.45, 7) is 8.92. The van der Waals surface area contributed by atoms with Gasteiger partial charge in [-0.1, -0.05) is 0 Å². The van der Waals surface area contributed by atoms with Gasteiger partial charge in [0.2, 0.25) is 0 Å². The highest BCUT2D eigenvalue weighted by molar-refractivity contribution is 4.65. The van der Waals surface area contributed by atoms with Crippen LogP contribution in [-0.2, 0) is 28.4 Å². The molecule has 122 valence electrons. The van der Waals surface area contributed by atoms with Gasteiger partial charge in [-0.3, -0.25) is 0 Å². The van der Waals surface area contributed by atoms with Gasteiger partial charge in [0.15, 0.2) is 0 Å². The van der Waals surface area contributed by atoms with Gasteiger partial charge in [0.05, 0.1) is 26.4 Å². The Morgan fingerprint density at radius 1 is 0.650 bits per heavy atom. The maximum absolute atomic E-state index is 5.62. The number of nitrogens with zero attached hydrogens (tertiary/aromatic N) is 1. The van der Waals surface area contributed by atoms with Gasteiger partial charge < -0.3 is 28.4 Å². The van der Waals surface area contributed by atoms with E-state index in [9.17, 15) is 0 Å². The Morgan fingerprint density at radius 2 is 0.900 bits per heavy atom. The zero-order valence-electron chi connectivity index (χ0n) is 13.7. The molecule has 0 atom stereocenters. The molecule has 7 nitrogen and oxygen atoms in total. The lowest BCUT2D eigenvalue weighted by atomic mass is 10.6. The molecule has 0 aliphatic rings. The van der Waals surface area contributed by atoms with Crippen molar-refractivity contribution >= 4 is 0 Å². The first-order chi connectivity index (χ1) is 9.52. The average molecular weight is 295 g/mol. The van der Waals surface area contributed by atoms with Crippen molar-refractivity contribution in [3.63, 3.8) is 0 Å². The van der Waals surface area contributed by atoms with Crippen LogP contribution in [0.4, 0.5) is 0 Å². The summed E-state index contributed by atoms with van der Waals surface area (Å²) in [5, 5.41) is 0. The Hall–Kier alpha value is -0.280. The van der Waals surface area contributed by atoms with Crippen molar-refractivity contribution in [3.8, 4) is 0 Å². The fourth-order valence-corrected chi connectivity index (χ4v) is 1.88. The quantitative estimate of drug-likeness (QED) is 0.507. The number of ether oxygens (including phenoxy) is 6. The molecule has 0 saturated carbocycles. The summed E-state index contributed by atoms with van der Waals surface area (Å²) >= 11 is 0. The molecule has 0 fully saturated rings. The molecular weight excluding hydrogens is 266 g/mol. The summed E-state index contributed by atoms with van der Waals surface area (Å²) in [6.07, 6.45) is -2.91. The molecule has 0 heterocycles. The van der Waals surface area contributed by atoms with E-state index in [-0.39, 0.29) is 0 Å². The summed E-state index contributed by atoms with van der Waals surface area (Å²) in [5.74, 6) is 0. The van der Waals surface area contributed by atoms with Gasteiger partial charge in [0, 0.05) is 21.3 Å². The monoisotopic (exact) mass is 295 g/mol. The Balaban J connectivity index is 5.46. The van der Waals surface area contributed by atoms with Crippen molar-refractivity contribution in [1.29, 1.82) is 0 Å². The lowest BCUT2D eigenvalue weighted by molar-refractivity contribution is -0.539. The average Bonchev–Trinajstić information content (AvgIpc) is 2.45. The van der Waals surface area contributed by atoms with Crippen LogP contribution in [0.2, 0.25) is 0 Å². The van der Waals surface area contributed by atoms with E-state index in [1.54, 1.807) is 7.05 Å². The van der Waals surface area contributed by atoms with Crippen LogP contribution in [0.25, 0.3) is 0 Å². The molecule has 0 N–H and O–H groups in total. The molecule has 20 heavy (non-hydrogen) atoms. The van der Waals surface area contributed by atoms with E-state index in [4.69, 9.17) is 28.4 Å². The van der Waals surface area contributed by atoms with Gasteiger partial charge in [0.25, 0.3) is 0 Å². The van der Waals surface area contributed by atoms with Crippen molar-refractivity contribution < 1.29 is 28.4 Å². The molecule has 0 bridgehead atoms. The Bertz CT molecular complexity index is 215. The minimum absolute atomic E-state index is 0.385. The van der Waals surface area contributed by atoms with Gasteiger partial charge in [-0.15, -0.1) is 0 Å². The minimum Gasteiger partial charge on any atom is -0.317 e. The second kappa shape index (κ2) is 9.62. The lowest BCUT2D eigenvalue weighted by Gasteiger charge is -2.46. The van der Waals surface area contributed by atoms with Crippen molar-refractivity contribution in [1.82, 2.24) is 4.90 Å². The zero-order valence-corrected chi connectivity index (χ0v) is 13.7. The van der Waals surface area contributed by atoms with Gasteiger partial charge in [-0.05, 0) is 27.7 Å². The van der Waals surface area contributed by atoms with Crippen LogP contribution in [-0.4, -0.2) is 64.8 Å². The van der Waals surface area contributed by atoms with Crippen LogP contribution in [0.5, 0.6) is 0 Å². The van der Waals surface area contributed by atoms with E-state index < -0.39 is 12.2 Å². The molecular formula is C13H29NO6. The van der Waals surface area contributed by atoms with E-state index in [0.717, 1.165) is 0 Å². The molecule has 0 amide bonds. The summed E-state index contributed by atoms with van der Waals surface area (Å²) in [6, 6.07) is 0. The smallest absolute Gasteiger partial charge is 0.317 e. The molecule has 0 aliphatic carbocycles. The lowest BCUT2D eigenvalue weighted by Crippen LogP contribution is -2.65. The first-order valence-electron chi connectivity index (χ1n) is 6.92. The van der Waals surface area contributed by atoms with Crippen LogP contribution < -0.4 is 0 Å².